The maximum Gasteiger partial charge on any atom is 0.270 e. The van der Waals surface area contributed by atoms with Crippen LogP contribution in [0, 0.1) is 11.3 Å². The average molecular weight is 343 g/mol. The van der Waals surface area contributed by atoms with Gasteiger partial charge in [0.1, 0.15) is 5.69 Å². The fourth-order valence-electron chi connectivity index (χ4n) is 3.88. The number of aromatic nitrogens is 1. The van der Waals surface area contributed by atoms with Crippen molar-refractivity contribution in [2.24, 2.45) is 0 Å². The van der Waals surface area contributed by atoms with E-state index in [1.807, 2.05) is 35.2 Å². The Morgan fingerprint density at radius 1 is 1.19 bits per heavy atom. The highest BCUT2D eigenvalue weighted by molar-refractivity contribution is 5.92. The second kappa shape index (κ2) is 7.05. The lowest BCUT2D eigenvalue weighted by molar-refractivity contribution is 0.0725. The number of fused-ring (bicyclic) bond motifs is 1. The van der Waals surface area contributed by atoms with Crippen LogP contribution in [-0.2, 0) is 6.42 Å². The summed E-state index contributed by atoms with van der Waals surface area (Å²) in [5.74, 6) is 0.106. The number of carbonyl (C=O) groups excluding carboxylic acids is 1. The topological polar surface area (TPSA) is 59.9 Å². The Morgan fingerprint density at radius 3 is 2.88 bits per heavy atom. The molecule has 1 amide bonds. The molecular formula is C22H21N3O. The number of carbonyl (C=O) groups is 1. The zero-order valence-electron chi connectivity index (χ0n) is 14.6. The Morgan fingerprint density at radius 2 is 2.08 bits per heavy atom. The van der Waals surface area contributed by atoms with Gasteiger partial charge in [0, 0.05) is 18.8 Å². The number of nitriles is 1. The normalized spacial score (nSPS) is 16.7. The van der Waals surface area contributed by atoms with Gasteiger partial charge in [-0.05, 0) is 66.3 Å². The fraction of sp³-hybridized carbons (Fsp3) is 0.273. The number of rotatable bonds is 4. The summed E-state index contributed by atoms with van der Waals surface area (Å²) in [6, 6.07) is 18.4. The molecule has 1 fully saturated rings. The first kappa shape index (κ1) is 16.4. The lowest BCUT2D eigenvalue weighted by Crippen LogP contribution is -2.36. The third kappa shape index (κ3) is 3.21. The monoisotopic (exact) mass is 343 g/mol. The summed E-state index contributed by atoms with van der Waals surface area (Å²) >= 11 is 0. The minimum absolute atomic E-state index is 0.106. The lowest BCUT2D eigenvalue weighted by atomic mass is 9.99. The van der Waals surface area contributed by atoms with Gasteiger partial charge >= 0.3 is 0 Å². The van der Waals surface area contributed by atoms with Crippen LogP contribution in [0.4, 0.5) is 0 Å². The lowest BCUT2D eigenvalue weighted by Gasteiger charge is -2.24. The van der Waals surface area contributed by atoms with E-state index in [0.717, 1.165) is 43.0 Å². The molecule has 4 nitrogen and oxygen atoms in total. The number of hydrogen-bond donors (Lipinski definition) is 1. The summed E-state index contributed by atoms with van der Waals surface area (Å²) in [6.45, 7) is 0.839. The second-order valence-electron chi connectivity index (χ2n) is 6.93. The molecule has 3 aromatic rings. The van der Waals surface area contributed by atoms with Crippen molar-refractivity contribution in [3.63, 3.8) is 0 Å². The maximum absolute atomic E-state index is 12.6. The molecule has 0 radical (unpaired) electrons. The number of likely N-dealkylation sites (tertiary alicyclic amines) is 1. The number of benzene rings is 2. The molecule has 2 aromatic carbocycles. The molecule has 0 aliphatic carbocycles. The summed E-state index contributed by atoms with van der Waals surface area (Å²) in [4.78, 5) is 17.7. The quantitative estimate of drug-likeness (QED) is 0.769. The van der Waals surface area contributed by atoms with Crippen molar-refractivity contribution < 1.29 is 4.79 Å². The molecular weight excluding hydrogens is 322 g/mol. The molecule has 0 bridgehead atoms. The molecule has 0 saturated carbocycles. The Labute approximate surface area is 153 Å². The van der Waals surface area contributed by atoms with Crippen molar-refractivity contribution in [1.82, 2.24) is 9.88 Å². The minimum atomic E-state index is 0.106. The van der Waals surface area contributed by atoms with E-state index in [1.54, 1.807) is 6.20 Å². The van der Waals surface area contributed by atoms with E-state index < -0.39 is 0 Å². The Hall–Kier alpha value is -3.06. The number of aromatic amines is 1. The summed E-state index contributed by atoms with van der Waals surface area (Å²) in [6.07, 6.45) is 5.84. The van der Waals surface area contributed by atoms with Crippen molar-refractivity contribution in [1.29, 1.82) is 5.26 Å². The van der Waals surface area contributed by atoms with E-state index >= 15 is 0 Å². The molecule has 2 heterocycles. The van der Waals surface area contributed by atoms with Crippen LogP contribution >= 0.6 is 0 Å². The maximum atomic E-state index is 12.6. The standard InChI is InChI=1S/C22H21N3O/c23-15-17-6-9-18-8-5-16(13-19(18)14-17)7-10-20-3-2-12-25(20)22(26)21-4-1-11-24-21/h1,4-6,8-9,11,13-14,20,24H,2-3,7,10,12H2/t20-/m1/s1. The SMILES string of the molecule is N#Cc1ccc2ccc(CC[C@H]3CCCN3C(=O)c3ccc[nH]3)cc2c1. The molecule has 130 valence electrons. The largest absolute Gasteiger partial charge is 0.357 e. The van der Waals surface area contributed by atoms with Gasteiger partial charge in [-0.2, -0.15) is 5.26 Å². The molecule has 1 atom stereocenters. The molecule has 0 spiro atoms. The van der Waals surface area contributed by atoms with E-state index in [-0.39, 0.29) is 5.91 Å². The van der Waals surface area contributed by atoms with Gasteiger partial charge in [0.15, 0.2) is 0 Å². The molecule has 1 aromatic heterocycles. The van der Waals surface area contributed by atoms with Gasteiger partial charge in [-0.3, -0.25) is 4.79 Å². The highest BCUT2D eigenvalue weighted by Crippen LogP contribution is 2.25. The first-order valence-corrected chi connectivity index (χ1v) is 9.12. The summed E-state index contributed by atoms with van der Waals surface area (Å²) < 4.78 is 0. The van der Waals surface area contributed by atoms with Crippen LogP contribution in [0.2, 0.25) is 0 Å². The number of nitrogens with one attached hydrogen (secondary N) is 1. The van der Waals surface area contributed by atoms with Gasteiger partial charge in [-0.15, -0.1) is 0 Å². The van der Waals surface area contributed by atoms with Crippen LogP contribution < -0.4 is 0 Å². The molecule has 4 heteroatoms. The van der Waals surface area contributed by atoms with Gasteiger partial charge < -0.3 is 9.88 Å². The van der Waals surface area contributed by atoms with E-state index in [2.05, 4.69) is 29.3 Å². The number of aryl methyl sites for hydroxylation is 1. The molecule has 1 saturated heterocycles. The van der Waals surface area contributed by atoms with E-state index in [1.165, 1.54) is 5.56 Å². The smallest absolute Gasteiger partial charge is 0.270 e. The van der Waals surface area contributed by atoms with Gasteiger partial charge in [0.2, 0.25) is 0 Å². The van der Waals surface area contributed by atoms with Crippen LogP contribution in [0.1, 0.15) is 40.9 Å². The first-order valence-electron chi connectivity index (χ1n) is 9.12. The van der Waals surface area contributed by atoms with E-state index in [0.29, 0.717) is 17.3 Å². The second-order valence-corrected chi connectivity index (χ2v) is 6.93. The Bertz CT molecular complexity index is 969. The van der Waals surface area contributed by atoms with Crippen LogP contribution in [0.5, 0.6) is 0 Å². The number of hydrogen-bond acceptors (Lipinski definition) is 2. The van der Waals surface area contributed by atoms with E-state index in [4.69, 9.17) is 5.26 Å². The number of H-pyrrole nitrogens is 1. The molecule has 1 aliphatic heterocycles. The van der Waals surface area contributed by atoms with Crippen LogP contribution in [0.15, 0.2) is 54.7 Å². The Kier molecular flexibility index (Phi) is 4.45. The molecule has 4 rings (SSSR count). The zero-order chi connectivity index (χ0) is 17.9. The van der Waals surface area contributed by atoms with Crippen LogP contribution in [0.25, 0.3) is 10.8 Å². The van der Waals surface area contributed by atoms with Gasteiger partial charge in [-0.25, -0.2) is 0 Å². The van der Waals surface area contributed by atoms with E-state index in [9.17, 15) is 4.79 Å². The highest BCUT2D eigenvalue weighted by atomic mass is 16.2. The van der Waals surface area contributed by atoms with Crippen molar-refractivity contribution >= 4 is 16.7 Å². The van der Waals surface area contributed by atoms with Crippen molar-refractivity contribution in [2.45, 2.75) is 31.7 Å². The van der Waals surface area contributed by atoms with Gasteiger partial charge in [-0.1, -0.05) is 24.3 Å². The zero-order valence-corrected chi connectivity index (χ0v) is 14.6. The average Bonchev–Trinajstić information content (AvgIpc) is 3.37. The summed E-state index contributed by atoms with van der Waals surface area (Å²) in [5.41, 5.74) is 2.62. The first-order chi connectivity index (χ1) is 12.7. The van der Waals surface area contributed by atoms with Gasteiger partial charge in [0.25, 0.3) is 5.91 Å². The minimum Gasteiger partial charge on any atom is -0.357 e. The van der Waals surface area contributed by atoms with Crippen molar-refractivity contribution in [3.8, 4) is 6.07 Å². The predicted octanol–water partition coefficient (Wildman–Crippen LogP) is 4.28. The fourth-order valence-corrected chi connectivity index (χ4v) is 3.88. The molecule has 1 aliphatic rings. The van der Waals surface area contributed by atoms with Crippen molar-refractivity contribution in [3.05, 3.63) is 71.5 Å². The van der Waals surface area contributed by atoms with Gasteiger partial charge in [0.05, 0.1) is 11.6 Å². The third-order valence-electron chi connectivity index (χ3n) is 5.27. The van der Waals surface area contributed by atoms with Crippen molar-refractivity contribution in [2.75, 3.05) is 6.54 Å². The summed E-state index contributed by atoms with van der Waals surface area (Å²) in [5, 5.41) is 11.3. The molecule has 0 unspecified atom stereocenters. The number of nitrogens with zero attached hydrogens (tertiary/aromatic N) is 2. The Balaban J connectivity index is 1.47. The molecule has 26 heavy (non-hydrogen) atoms. The number of amides is 1. The predicted molar refractivity (Wildman–Crippen MR) is 102 cm³/mol. The molecule has 1 N–H and O–H groups in total. The highest BCUT2D eigenvalue weighted by Gasteiger charge is 2.29. The third-order valence-corrected chi connectivity index (χ3v) is 5.27. The summed E-state index contributed by atoms with van der Waals surface area (Å²) in [7, 11) is 0. The van der Waals surface area contributed by atoms with Crippen LogP contribution in [-0.4, -0.2) is 28.4 Å². The van der Waals surface area contributed by atoms with Crippen LogP contribution in [0.3, 0.4) is 0 Å².